The van der Waals surface area contributed by atoms with Crippen LogP contribution in [0.15, 0.2) is 59.3 Å². The van der Waals surface area contributed by atoms with Gasteiger partial charge in [0.2, 0.25) is 0 Å². The fourth-order valence-electron chi connectivity index (χ4n) is 5.60. The lowest BCUT2D eigenvalue weighted by atomic mass is 9.99. The van der Waals surface area contributed by atoms with E-state index in [1.165, 1.54) is 25.9 Å². The summed E-state index contributed by atoms with van der Waals surface area (Å²) in [5.74, 6) is 0.873. The topological polar surface area (TPSA) is 71.7 Å². The molecule has 37 heavy (non-hydrogen) atoms. The van der Waals surface area contributed by atoms with Crippen LogP contribution in [0.2, 0.25) is 0 Å². The number of nitrogen functional groups attached to an aromatic ring is 1. The van der Waals surface area contributed by atoms with Gasteiger partial charge in [-0.15, -0.1) is 11.6 Å². The lowest BCUT2D eigenvalue weighted by Gasteiger charge is -2.36. The van der Waals surface area contributed by atoms with Gasteiger partial charge in [0.15, 0.2) is 11.6 Å². The molecule has 0 bridgehead atoms. The molecule has 3 heterocycles. The molecule has 2 aromatic rings. The number of halogens is 2. The van der Waals surface area contributed by atoms with Crippen LogP contribution < -0.4 is 10.5 Å². The fraction of sp³-hybridized carbons (Fsp3) is 0.448. The van der Waals surface area contributed by atoms with E-state index in [1.807, 2.05) is 54.3 Å². The second-order valence-corrected chi connectivity index (χ2v) is 11.1. The number of allylic oxidation sites excluding steroid dienone is 3. The third-order valence-electron chi connectivity index (χ3n) is 7.72. The van der Waals surface area contributed by atoms with Crippen LogP contribution in [0.5, 0.6) is 5.75 Å². The van der Waals surface area contributed by atoms with Gasteiger partial charge < -0.3 is 20.3 Å². The molecule has 8 heteroatoms. The first kappa shape index (κ1) is 26.1. The first-order chi connectivity index (χ1) is 17.9. The normalized spacial score (nSPS) is 21.9. The van der Waals surface area contributed by atoms with Crippen LogP contribution in [-0.2, 0) is 0 Å². The quantitative estimate of drug-likeness (QED) is 0.464. The first-order valence-corrected chi connectivity index (χ1v) is 14.0. The van der Waals surface area contributed by atoms with Crippen molar-refractivity contribution < 1.29 is 9.53 Å². The molecule has 0 spiro atoms. The minimum Gasteiger partial charge on any atom is -0.482 e. The minimum atomic E-state index is -0.353. The van der Waals surface area contributed by atoms with E-state index in [-0.39, 0.29) is 17.4 Å². The van der Waals surface area contributed by atoms with Gasteiger partial charge in [0, 0.05) is 47.1 Å². The number of carbonyl (C=O) groups is 1. The molecule has 1 unspecified atom stereocenters. The maximum atomic E-state index is 13.1. The Labute approximate surface area is 229 Å². The maximum absolute atomic E-state index is 13.1. The summed E-state index contributed by atoms with van der Waals surface area (Å²) in [4.78, 5) is 22.1. The number of nitrogens with zero attached hydrogens (tertiary/aromatic N) is 3. The Morgan fingerprint density at radius 3 is 2.49 bits per heavy atom. The highest BCUT2D eigenvalue weighted by Crippen LogP contribution is 2.34. The summed E-state index contributed by atoms with van der Waals surface area (Å²) >= 11 is 12.9. The number of alkyl halides is 1. The van der Waals surface area contributed by atoms with Crippen molar-refractivity contribution in [1.82, 2.24) is 14.8 Å². The molecule has 0 radical (unpaired) electrons. The summed E-state index contributed by atoms with van der Waals surface area (Å²) in [6, 6.07) is 10.2. The largest absolute Gasteiger partial charge is 0.482 e. The number of hydrogen-bond donors (Lipinski definition) is 1. The number of aromatic nitrogens is 1. The first-order valence-electron chi connectivity index (χ1n) is 13.2. The van der Waals surface area contributed by atoms with Crippen LogP contribution in [0.1, 0.15) is 49.4 Å². The number of ether oxygens (including phenoxy) is 1. The minimum absolute atomic E-state index is 0.0991. The average Bonchev–Trinajstić information content (AvgIpc) is 3.45. The van der Waals surface area contributed by atoms with E-state index < -0.39 is 0 Å². The van der Waals surface area contributed by atoms with E-state index in [2.05, 4.69) is 9.88 Å². The van der Waals surface area contributed by atoms with Crippen LogP contribution >= 0.6 is 23.2 Å². The standard InChI is InChI=1S/C29H34Cl2N4O2/c1-19(27-24(30)5-4-6-25(27)31)37-26-17-22(18-33-28(26)32)20-7-9-21(10-8-20)29(36)35-15-11-23(12-16-35)34-13-2-3-14-34/h4-5,7-10,17-19,23,25H,2-3,6,11-16H2,1H3,(H2,32,33)/t19?,25-/m0/s1. The van der Waals surface area contributed by atoms with E-state index in [4.69, 9.17) is 33.7 Å². The van der Waals surface area contributed by atoms with E-state index >= 15 is 0 Å². The van der Waals surface area contributed by atoms with Crippen molar-refractivity contribution in [3.8, 4) is 16.9 Å². The smallest absolute Gasteiger partial charge is 0.253 e. The van der Waals surface area contributed by atoms with Gasteiger partial charge in [0.05, 0.1) is 5.38 Å². The van der Waals surface area contributed by atoms with Crippen molar-refractivity contribution in [2.45, 2.75) is 56.6 Å². The van der Waals surface area contributed by atoms with Crippen molar-refractivity contribution >= 4 is 34.9 Å². The zero-order chi connectivity index (χ0) is 25.9. The van der Waals surface area contributed by atoms with Gasteiger partial charge in [0.1, 0.15) is 6.10 Å². The van der Waals surface area contributed by atoms with E-state index in [9.17, 15) is 4.79 Å². The molecule has 3 aliphatic rings. The summed E-state index contributed by atoms with van der Waals surface area (Å²) in [6.07, 6.45) is 10.6. The molecule has 5 rings (SSSR count). The van der Waals surface area contributed by atoms with Crippen molar-refractivity contribution in [3.63, 3.8) is 0 Å². The lowest BCUT2D eigenvalue weighted by molar-refractivity contribution is 0.0644. The van der Waals surface area contributed by atoms with E-state index in [0.717, 1.165) is 42.6 Å². The highest BCUT2D eigenvalue weighted by atomic mass is 35.5. The van der Waals surface area contributed by atoms with Crippen LogP contribution in [0.25, 0.3) is 11.1 Å². The number of hydrogen-bond acceptors (Lipinski definition) is 5. The van der Waals surface area contributed by atoms with Gasteiger partial charge in [-0.25, -0.2) is 4.98 Å². The van der Waals surface area contributed by atoms with Crippen molar-refractivity contribution in [3.05, 3.63) is 64.8 Å². The van der Waals surface area contributed by atoms with Crippen LogP contribution in [0.3, 0.4) is 0 Å². The summed E-state index contributed by atoms with van der Waals surface area (Å²) in [5.41, 5.74) is 9.45. The number of rotatable bonds is 6. The van der Waals surface area contributed by atoms with Crippen molar-refractivity contribution in [1.29, 1.82) is 0 Å². The number of carbonyl (C=O) groups excluding carboxylic acids is 1. The summed E-state index contributed by atoms with van der Waals surface area (Å²) < 4.78 is 6.16. The number of nitrogens with two attached hydrogens (primary N) is 1. The number of likely N-dealkylation sites (tertiary alicyclic amines) is 2. The Morgan fingerprint density at radius 2 is 1.81 bits per heavy atom. The zero-order valence-electron chi connectivity index (χ0n) is 21.2. The SMILES string of the molecule is CC(Oc1cc(-c2ccc(C(=O)N3CCC(N4CCCC4)CC3)cc2)cnc1N)C1=C(Cl)C=CC[C@@H]1Cl. The second-order valence-electron chi connectivity index (χ2n) is 10.1. The van der Waals surface area contributed by atoms with Crippen LogP contribution in [0.4, 0.5) is 5.82 Å². The van der Waals surface area contributed by atoms with Crippen molar-refractivity contribution in [2.75, 3.05) is 31.9 Å². The zero-order valence-corrected chi connectivity index (χ0v) is 22.7. The van der Waals surface area contributed by atoms with Gasteiger partial charge in [-0.05, 0) is 82.0 Å². The molecule has 0 saturated carbocycles. The number of amides is 1. The molecule has 2 fully saturated rings. The molecule has 2 saturated heterocycles. The second kappa shape index (κ2) is 11.5. The lowest BCUT2D eigenvalue weighted by Crippen LogP contribution is -2.45. The molecule has 2 atom stereocenters. The average molecular weight is 542 g/mol. The van der Waals surface area contributed by atoms with Gasteiger partial charge in [-0.1, -0.05) is 29.8 Å². The monoisotopic (exact) mass is 540 g/mol. The summed E-state index contributed by atoms with van der Waals surface area (Å²) in [7, 11) is 0. The van der Waals surface area contributed by atoms with Gasteiger partial charge in [-0.3, -0.25) is 4.79 Å². The number of anilines is 1. The summed E-state index contributed by atoms with van der Waals surface area (Å²) in [6.45, 7) is 5.97. The van der Waals surface area contributed by atoms with Crippen molar-refractivity contribution in [2.24, 2.45) is 0 Å². The fourth-order valence-corrected chi connectivity index (χ4v) is 6.43. The number of benzene rings is 1. The molecule has 2 N–H and O–H groups in total. The van der Waals surface area contributed by atoms with Gasteiger partial charge in [0.25, 0.3) is 5.91 Å². The van der Waals surface area contributed by atoms with E-state index in [0.29, 0.717) is 34.6 Å². The van der Waals surface area contributed by atoms with Crippen LogP contribution in [0, 0.1) is 0 Å². The molecule has 1 amide bonds. The highest BCUT2D eigenvalue weighted by molar-refractivity contribution is 6.33. The molecule has 6 nitrogen and oxygen atoms in total. The third-order valence-corrected chi connectivity index (χ3v) is 8.48. The molecule has 2 aliphatic heterocycles. The Morgan fingerprint density at radius 1 is 1.11 bits per heavy atom. The van der Waals surface area contributed by atoms with E-state index in [1.54, 1.807) is 6.20 Å². The Hall–Kier alpha value is -2.54. The maximum Gasteiger partial charge on any atom is 0.253 e. The van der Waals surface area contributed by atoms with Gasteiger partial charge in [-0.2, -0.15) is 0 Å². The van der Waals surface area contributed by atoms with Crippen LogP contribution in [-0.4, -0.2) is 64.4 Å². The predicted molar refractivity (Wildman–Crippen MR) is 150 cm³/mol. The number of pyridine rings is 1. The molecular weight excluding hydrogens is 507 g/mol. The Kier molecular flexibility index (Phi) is 8.08. The molecule has 1 aromatic heterocycles. The Bertz CT molecular complexity index is 1180. The number of piperidine rings is 1. The molecule has 1 aliphatic carbocycles. The highest BCUT2D eigenvalue weighted by Gasteiger charge is 2.29. The Balaban J connectivity index is 1.25. The third kappa shape index (κ3) is 5.82. The molecular formula is C29H34Cl2N4O2. The van der Waals surface area contributed by atoms with Gasteiger partial charge >= 0.3 is 0 Å². The molecule has 196 valence electrons. The molecule has 1 aromatic carbocycles. The summed E-state index contributed by atoms with van der Waals surface area (Å²) in [5, 5.41) is 0.378. The predicted octanol–water partition coefficient (Wildman–Crippen LogP) is 5.86.